The summed E-state index contributed by atoms with van der Waals surface area (Å²) in [4.78, 5) is 0. The van der Waals surface area contributed by atoms with Gasteiger partial charge in [0.2, 0.25) is 0 Å². The van der Waals surface area contributed by atoms with E-state index >= 15 is 0 Å². The smallest absolute Gasteiger partial charge is 0.108 e. The molecule has 2 aromatic carbocycles. The molecule has 0 N–H and O–H groups in total. The van der Waals surface area contributed by atoms with E-state index in [2.05, 4.69) is 68.4 Å². The Morgan fingerprint density at radius 3 is 1.95 bits per heavy atom. The molecule has 0 bridgehead atoms. The van der Waals surface area contributed by atoms with Gasteiger partial charge in [0.05, 0.1) is 6.07 Å². The Balaban J connectivity index is 1.98. The number of benzene rings is 2. The lowest BCUT2D eigenvalue weighted by Crippen LogP contribution is -2.23. The molecule has 2 aromatic rings. The fourth-order valence-corrected chi connectivity index (χ4v) is 3.71. The lowest BCUT2D eigenvalue weighted by molar-refractivity contribution is 0.490. The van der Waals surface area contributed by atoms with Gasteiger partial charge < -0.3 is 0 Å². The molecule has 112 valence electrons. The van der Waals surface area contributed by atoms with Crippen LogP contribution in [0, 0.1) is 17.2 Å². The molecule has 0 spiro atoms. The van der Waals surface area contributed by atoms with Gasteiger partial charge in [0.15, 0.2) is 0 Å². The van der Waals surface area contributed by atoms with Crippen LogP contribution in [0.2, 0.25) is 0 Å². The summed E-state index contributed by atoms with van der Waals surface area (Å²) in [6, 6.07) is 19.5. The van der Waals surface area contributed by atoms with Crippen LogP contribution < -0.4 is 0 Å². The minimum Gasteiger partial charge on any atom is -0.197 e. The predicted octanol–water partition coefficient (Wildman–Crippen LogP) is 5.69. The summed E-state index contributed by atoms with van der Waals surface area (Å²) in [5.74, 6) is 0.737. The molecule has 1 aliphatic rings. The monoisotopic (exact) mass is 289 g/mol. The van der Waals surface area contributed by atoms with E-state index < -0.39 is 5.41 Å². The second-order valence-corrected chi connectivity index (χ2v) is 6.75. The van der Waals surface area contributed by atoms with Crippen molar-refractivity contribution in [2.75, 3.05) is 0 Å². The van der Waals surface area contributed by atoms with Crippen molar-refractivity contribution in [2.24, 2.45) is 5.92 Å². The van der Waals surface area contributed by atoms with E-state index in [0.29, 0.717) is 0 Å². The predicted molar refractivity (Wildman–Crippen MR) is 91.6 cm³/mol. The highest BCUT2D eigenvalue weighted by molar-refractivity contribution is 5.82. The van der Waals surface area contributed by atoms with Crippen LogP contribution in [0.4, 0.5) is 0 Å². The number of hydrogen-bond donors (Lipinski definition) is 0. The van der Waals surface area contributed by atoms with Crippen LogP contribution in [-0.2, 0) is 5.41 Å². The molecule has 3 rings (SSSR count). The summed E-state index contributed by atoms with van der Waals surface area (Å²) >= 11 is 0. The molecule has 0 atom stereocenters. The zero-order chi connectivity index (χ0) is 15.6. The molecular weight excluding hydrogens is 266 g/mol. The molecule has 0 fully saturated rings. The molecule has 0 heterocycles. The number of hydrogen-bond acceptors (Lipinski definition) is 1. The van der Waals surface area contributed by atoms with Crippen molar-refractivity contribution < 1.29 is 0 Å². The van der Waals surface area contributed by atoms with Crippen molar-refractivity contribution in [2.45, 2.75) is 44.9 Å². The normalized spacial score (nSPS) is 14.5. The van der Waals surface area contributed by atoms with Crippen LogP contribution in [0.1, 0.15) is 50.7 Å². The van der Waals surface area contributed by atoms with Crippen molar-refractivity contribution in [1.29, 1.82) is 5.26 Å². The van der Waals surface area contributed by atoms with E-state index in [0.717, 1.165) is 18.8 Å². The van der Waals surface area contributed by atoms with Crippen molar-refractivity contribution in [1.82, 2.24) is 0 Å². The van der Waals surface area contributed by atoms with E-state index in [1.165, 1.54) is 35.1 Å². The standard InChI is InChI=1S/C21H23N/c1-16(2)9-7-8-14-21(15-22)19-12-5-3-10-17(19)18-11-4-6-13-20(18)21/h3-6,10-13,16H,7-9,14H2,1-2H3. The SMILES string of the molecule is CC(C)CCCCC1(C#N)c2ccccc2-c2ccccc21. The topological polar surface area (TPSA) is 23.8 Å². The summed E-state index contributed by atoms with van der Waals surface area (Å²) in [5, 5.41) is 10.1. The van der Waals surface area contributed by atoms with Gasteiger partial charge in [0.1, 0.15) is 5.41 Å². The second-order valence-electron chi connectivity index (χ2n) is 6.75. The third kappa shape index (κ3) is 2.33. The maximum Gasteiger partial charge on any atom is 0.108 e. The number of rotatable bonds is 5. The van der Waals surface area contributed by atoms with E-state index in [1.807, 2.05) is 0 Å². The molecule has 1 nitrogen and oxygen atoms in total. The first-order valence-electron chi connectivity index (χ1n) is 8.29. The van der Waals surface area contributed by atoms with Crippen LogP contribution in [0.25, 0.3) is 11.1 Å². The van der Waals surface area contributed by atoms with Crippen LogP contribution >= 0.6 is 0 Å². The van der Waals surface area contributed by atoms with E-state index in [-0.39, 0.29) is 0 Å². The van der Waals surface area contributed by atoms with Crippen molar-refractivity contribution in [3.63, 3.8) is 0 Å². The Morgan fingerprint density at radius 1 is 0.909 bits per heavy atom. The van der Waals surface area contributed by atoms with Crippen molar-refractivity contribution >= 4 is 0 Å². The fraction of sp³-hybridized carbons (Fsp3) is 0.381. The fourth-order valence-electron chi connectivity index (χ4n) is 3.71. The van der Waals surface area contributed by atoms with Crippen LogP contribution in [-0.4, -0.2) is 0 Å². The molecule has 0 unspecified atom stereocenters. The molecule has 0 aromatic heterocycles. The minimum atomic E-state index is -0.454. The Labute approximate surface area is 133 Å². The van der Waals surface area contributed by atoms with Gasteiger partial charge in [0.25, 0.3) is 0 Å². The zero-order valence-electron chi connectivity index (χ0n) is 13.5. The van der Waals surface area contributed by atoms with Crippen molar-refractivity contribution in [3.8, 4) is 17.2 Å². The highest BCUT2D eigenvalue weighted by Gasteiger charge is 2.42. The zero-order valence-corrected chi connectivity index (χ0v) is 13.5. The third-order valence-electron chi connectivity index (χ3n) is 4.84. The summed E-state index contributed by atoms with van der Waals surface area (Å²) < 4.78 is 0. The molecule has 1 aliphatic carbocycles. The second kappa shape index (κ2) is 5.97. The van der Waals surface area contributed by atoms with Gasteiger partial charge in [0, 0.05) is 0 Å². The maximum absolute atomic E-state index is 10.1. The maximum atomic E-state index is 10.1. The molecule has 0 amide bonds. The Hall–Kier alpha value is -2.07. The van der Waals surface area contributed by atoms with Crippen LogP contribution in [0.5, 0.6) is 0 Å². The number of fused-ring (bicyclic) bond motifs is 3. The average molecular weight is 289 g/mol. The summed E-state index contributed by atoms with van der Waals surface area (Å²) in [5.41, 5.74) is 4.42. The number of unbranched alkanes of at least 4 members (excludes halogenated alkanes) is 1. The Morgan fingerprint density at radius 2 is 1.45 bits per heavy atom. The first-order chi connectivity index (χ1) is 10.7. The van der Waals surface area contributed by atoms with Crippen LogP contribution in [0.3, 0.4) is 0 Å². The van der Waals surface area contributed by atoms with E-state index in [1.54, 1.807) is 0 Å². The summed E-state index contributed by atoms with van der Waals surface area (Å²) in [7, 11) is 0. The first kappa shape index (κ1) is 14.9. The lowest BCUT2D eigenvalue weighted by Gasteiger charge is -2.24. The summed E-state index contributed by atoms with van der Waals surface area (Å²) in [6.45, 7) is 4.53. The molecule has 0 saturated heterocycles. The van der Waals surface area contributed by atoms with E-state index in [4.69, 9.17) is 0 Å². The lowest BCUT2D eigenvalue weighted by atomic mass is 9.75. The van der Waals surface area contributed by atoms with Gasteiger partial charge in [-0.3, -0.25) is 0 Å². The molecule has 0 saturated carbocycles. The Kier molecular flexibility index (Phi) is 4.03. The van der Waals surface area contributed by atoms with Gasteiger partial charge in [-0.05, 0) is 34.6 Å². The van der Waals surface area contributed by atoms with Crippen molar-refractivity contribution in [3.05, 3.63) is 59.7 Å². The van der Waals surface area contributed by atoms with Gasteiger partial charge in [-0.15, -0.1) is 0 Å². The molecular formula is C21H23N. The molecule has 22 heavy (non-hydrogen) atoms. The Bertz CT molecular complexity index is 660. The van der Waals surface area contributed by atoms with Crippen LogP contribution in [0.15, 0.2) is 48.5 Å². The summed E-state index contributed by atoms with van der Waals surface area (Å²) in [6.07, 6.45) is 4.47. The first-order valence-corrected chi connectivity index (χ1v) is 8.29. The average Bonchev–Trinajstić information content (AvgIpc) is 2.83. The highest BCUT2D eigenvalue weighted by Crippen LogP contribution is 2.50. The largest absolute Gasteiger partial charge is 0.197 e. The number of nitrogens with zero attached hydrogens (tertiary/aromatic N) is 1. The quantitative estimate of drug-likeness (QED) is 0.648. The molecule has 0 aliphatic heterocycles. The van der Waals surface area contributed by atoms with Gasteiger partial charge in [-0.25, -0.2) is 0 Å². The highest BCUT2D eigenvalue weighted by atomic mass is 14.5. The van der Waals surface area contributed by atoms with Gasteiger partial charge in [-0.1, -0.05) is 81.6 Å². The molecule has 1 heteroatoms. The number of nitriles is 1. The van der Waals surface area contributed by atoms with Gasteiger partial charge in [-0.2, -0.15) is 5.26 Å². The third-order valence-corrected chi connectivity index (χ3v) is 4.84. The van der Waals surface area contributed by atoms with E-state index in [9.17, 15) is 5.26 Å². The minimum absolute atomic E-state index is 0.454. The molecule has 0 radical (unpaired) electrons. The van der Waals surface area contributed by atoms with Gasteiger partial charge >= 0.3 is 0 Å².